The van der Waals surface area contributed by atoms with Gasteiger partial charge in [-0.15, -0.1) is 0 Å². The summed E-state index contributed by atoms with van der Waals surface area (Å²) in [5, 5.41) is 3.98. The van der Waals surface area contributed by atoms with E-state index >= 15 is 0 Å². The van der Waals surface area contributed by atoms with Gasteiger partial charge in [-0.1, -0.05) is 12.1 Å². The summed E-state index contributed by atoms with van der Waals surface area (Å²) in [6, 6.07) is 14.3. The van der Waals surface area contributed by atoms with Crippen molar-refractivity contribution in [2.75, 3.05) is 67.6 Å². The first kappa shape index (κ1) is 26.0. The molecule has 0 unspecified atom stereocenters. The van der Waals surface area contributed by atoms with Crippen molar-refractivity contribution in [3.8, 4) is 0 Å². The fourth-order valence-corrected chi connectivity index (χ4v) is 5.29. The van der Waals surface area contributed by atoms with E-state index in [2.05, 4.69) is 60.2 Å². The summed E-state index contributed by atoms with van der Waals surface area (Å²) in [6.45, 7) is 12.4. The van der Waals surface area contributed by atoms with E-state index in [1.54, 1.807) is 0 Å². The third-order valence-corrected chi connectivity index (χ3v) is 7.74. The van der Waals surface area contributed by atoms with Gasteiger partial charge in [0.05, 0.1) is 18.7 Å². The lowest BCUT2D eigenvalue weighted by Gasteiger charge is -2.37. The van der Waals surface area contributed by atoms with Gasteiger partial charge in [0.25, 0.3) is 0 Å². The molecule has 8 heteroatoms. The van der Waals surface area contributed by atoms with Crippen LogP contribution in [0, 0.1) is 20.8 Å². The van der Waals surface area contributed by atoms with Crippen molar-refractivity contribution < 1.29 is 14.3 Å². The summed E-state index contributed by atoms with van der Waals surface area (Å²) < 4.78 is 5.45. The van der Waals surface area contributed by atoms with E-state index in [9.17, 15) is 9.59 Å². The number of anilines is 3. The number of aromatic nitrogens is 1. The van der Waals surface area contributed by atoms with E-state index in [4.69, 9.17) is 9.72 Å². The molecule has 0 atom stereocenters. The Morgan fingerprint density at radius 3 is 2.39 bits per heavy atom. The van der Waals surface area contributed by atoms with Gasteiger partial charge < -0.3 is 24.8 Å². The maximum absolute atomic E-state index is 12.8. The Bertz CT molecular complexity index is 1330. The SMILES string of the molecule is Cc1cccc(N2CCN(C(=O)CCC(=O)Nc3ccc4nc(N5CCOCC5)cc(C)c4c3)CC2)c1C. The fourth-order valence-electron chi connectivity index (χ4n) is 5.29. The highest BCUT2D eigenvalue weighted by molar-refractivity contribution is 5.96. The molecule has 2 aromatic carbocycles. The molecule has 1 N–H and O–H groups in total. The number of aryl methyl sites for hydroxylation is 2. The van der Waals surface area contributed by atoms with E-state index in [1.165, 1.54) is 16.8 Å². The second-order valence-electron chi connectivity index (χ2n) is 10.3. The van der Waals surface area contributed by atoms with E-state index in [0.29, 0.717) is 13.1 Å². The van der Waals surface area contributed by atoms with Gasteiger partial charge in [-0.2, -0.15) is 0 Å². The topological polar surface area (TPSA) is 78.0 Å². The van der Waals surface area contributed by atoms with E-state index < -0.39 is 0 Å². The number of hydrogen-bond donors (Lipinski definition) is 1. The lowest BCUT2D eigenvalue weighted by atomic mass is 10.1. The summed E-state index contributed by atoms with van der Waals surface area (Å²) in [5.74, 6) is 0.848. The van der Waals surface area contributed by atoms with Crippen LogP contribution in [-0.4, -0.2) is 74.2 Å². The summed E-state index contributed by atoms with van der Waals surface area (Å²) in [6.07, 6.45) is 0.383. The average Bonchev–Trinajstić information content (AvgIpc) is 2.94. The minimum absolute atomic E-state index is 0.0370. The Hall–Kier alpha value is -3.65. The molecule has 38 heavy (non-hydrogen) atoms. The molecule has 2 aliphatic rings. The number of rotatable bonds is 6. The first-order chi connectivity index (χ1) is 18.4. The second kappa shape index (κ2) is 11.4. The number of ether oxygens (including phenoxy) is 1. The zero-order valence-corrected chi connectivity index (χ0v) is 22.6. The molecule has 2 saturated heterocycles. The Balaban J connectivity index is 1.13. The molecule has 0 aliphatic carbocycles. The van der Waals surface area contributed by atoms with E-state index in [1.807, 2.05) is 23.1 Å². The van der Waals surface area contributed by atoms with Crippen molar-refractivity contribution in [2.24, 2.45) is 0 Å². The molecule has 0 spiro atoms. The van der Waals surface area contributed by atoms with Crippen molar-refractivity contribution in [1.29, 1.82) is 0 Å². The van der Waals surface area contributed by atoms with Crippen LogP contribution in [-0.2, 0) is 14.3 Å². The molecule has 3 heterocycles. The molecule has 0 saturated carbocycles. The van der Waals surface area contributed by atoms with Gasteiger partial charge >= 0.3 is 0 Å². The number of morpholine rings is 1. The predicted octanol–water partition coefficient (Wildman–Crippen LogP) is 4.06. The van der Waals surface area contributed by atoms with Crippen LogP contribution >= 0.6 is 0 Å². The van der Waals surface area contributed by atoms with Gasteiger partial charge in [-0.25, -0.2) is 4.98 Å². The molecule has 200 valence electrons. The molecule has 2 amide bonds. The van der Waals surface area contributed by atoms with Gasteiger partial charge in [-0.05, 0) is 67.8 Å². The Labute approximate surface area is 224 Å². The van der Waals surface area contributed by atoms with Crippen LogP contribution in [0.1, 0.15) is 29.5 Å². The molecular weight excluding hydrogens is 478 g/mol. The zero-order valence-electron chi connectivity index (χ0n) is 22.6. The molecular formula is C30H37N5O3. The number of pyridine rings is 1. The van der Waals surface area contributed by atoms with Crippen LogP contribution in [0.3, 0.4) is 0 Å². The van der Waals surface area contributed by atoms with Gasteiger partial charge in [0.2, 0.25) is 11.8 Å². The largest absolute Gasteiger partial charge is 0.378 e. The van der Waals surface area contributed by atoms with Crippen molar-refractivity contribution in [1.82, 2.24) is 9.88 Å². The maximum Gasteiger partial charge on any atom is 0.224 e. The Morgan fingerprint density at radius 1 is 0.868 bits per heavy atom. The first-order valence-corrected chi connectivity index (χ1v) is 13.5. The molecule has 1 aromatic heterocycles. The monoisotopic (exact) mass is 515 g/mol. The van der Waals surface area contributed by atoms with Crippen LogP contribution < -0.4 is 15.1 Å². The summed E-state index contributed by atoms with van der Waals surface area (Å²) >= 11 is 0. The van der Waals surface area contributed by atoms with Crippen LogP contribution in [0.25, 0.3) is 10.9 Å². The normalized spacial score (nSPS) is 16.1. The van der Waals surface area contributed by atoms with Crippen molar-refractivity contribution in [3.05, 3.63) is 59.2 Å². The maximum atomic E-state index is 12.8. The lowest BCUT2D eigenvalue weighted by molar-refractivity contribution is -0.133. The quantitative estimate of drug-likeness (QED) is 0.534. The minimum Gasteiger partial charge on any atom is -0.378 e. The van der Waals surface area contributed by atoms with Crippen molar-refractivity contribution >= 4 is 39.9 Å². The average molecular weight is 516 g/mol. The van der Waals surface area contributed by atoms with Gasteiger partial charge in [0.1, 0.15) is 5.82 Å². The van der Waals surface area contributed by atoms with Gasteiger partial charge in [0.15, 0.2) is 0 Å². The number of piperazine rings is 1. The van der Waals surface area contributed by atoms with Crippen LogP contribution in [0.15, 0.2) is 42.5 Å². The van der Waals surface area contributed by atoms with E-state index in [0.717, 1.165) is 67.4 Å². The van der Waals surface area contributed by atoms with Crippen LogP contribution in [0.4, 0.5) is 17.2 Å². The molecule has 0 bridgehead atoms. The van der Waals surface area contributed by atoms with Gasteiger partial charge in [0, 0.05) is 68.9 Å². The molecule has 0 radical (unpaired) electrons. The predicted molar refractivity (Wildman–Crippen MR) is 152 cm³/mol. The third-order valence-electron chi connectivity index (χ3n) is 7.74. The lowest BCUT2D eigenvalue weighted by Crippen LogP contribution is -2.49. The number of amides is 2. The van der Waals surface area contributed by atoms with Crippen LogP contribution in [0.2, 0.25) is 0 Å². The Morgan fingerprint density at radius 2 is 1.63 bits per heavy atom. The number of hydrogen-bond acceptors (Lipinski definition) is 6. The third kappa shape index (κ3) is 5.75. The highest BCUT2D eigenvalue weighted by Crippen LogP contribution is 2.26. The second-order valence-corrected chi connectivity index (χ2v) is 10.3. The number of nitrogens with one attached hydrogen (secondary N) is 1. The molecule has 3 aromatic rings. The highest BCUT2D eigenvalue weighted by atomic mass is 16.5. The number of fused-ring (bicyclic) bond motifs is 1. The highest BCUT2D eigenvalue weighted by Gasteiger charge is 2.23. The number of nitrogens with zero attached hydrogens (tertiary/aromatic N) is 4. The molecule has 2 fully saturated rings. The first-order valence-electron chi connectivity index (χ1n) is 13.5. The summed E-state index contributed by atoms with van der Waals surface area (Å²) in [4.78, 5) is 36.8. The summed E-state index contributed by atoms with van der Waals surface area (Å²) in [5.41, 5.74) is 6.56. The zero-order chi connectivity index (χ0) is 26.6. The minimum atomic E-state index is -0.151. The summed E-state index contributed by atoms with van der Waals surface area (Å²) in [7, 11) is 0. The number of carbonyl (C=O) groups excluding carboxylic acids is 2. The van der Waals surface area contributed by atoms with Gasteiger partial charge in [-0.3, -0.25) is 9.59 Å². The van der Waals surface area contributed by atoms with Crippen molar-refractivity contribution in [3.63, 3.8) is 0 Å². The fraction of sp³-hybridized carbons (Fsp3) is 0.433. The smallest absolute Gasteiger partial charge is 0.224 e. The van der Waals surface area contributed by atoms with Crippen LogP contribution in [0.5, 0.6) is 0 Å². The standard InChI is InChI=1S/C30H37N5O3/c1-21-5-4-6-27(23(21)3)33-11-13-35(14-12-33)30(37)10-9-29(36)31-24-7-8-26-25(20-24)22(2)19-28(32-26)34-15-17-38-18-16-34/h4-8,19-20H,9-18H2,1-3H3,(H,31,36). The van der Waals surface area contributed by atoms with E-state index in [-0.39, 0.29) is 24.7 Å². The Kier molecular flexibility index (Phi) is 7.79. The molecule has 2 aliphatic heterocycles. The number of benzene rings is 2. The molecule has 5 rings (SSSR count). The number of carbonyl (C=O) groups is 2. The molecule has 8 nitrogen and oxygen atoms in total. The van der Waals surface area contributed by atoms with Crippen molar-refractivity contribution in [2.45, 2.75) is 33.6 Å².